The number of halogens is 1. The second-order valence-electron chi connectivity index (χ2n) is 12.4. The molecule has 2 aromatic rings. The molecule has 1 saturated heterocycles. The van der Waals surface area contributed by atoms with Gasteiger partial charge in [0.05, 0.1) is 30.7 Å². The van der Waals surface area contributed by atoms with E-state index < -0.39 is 8.32 Å². The zero-order valence-electron chi connectivity index (χ0n) is 22.8. The van der Waals surface area contributed by atoms with Gasteiger partial charge in [-0.05, 0) is 57.0 Å². The lowest BCUT2D eigenvalue weighted by atomic mass is 9.66. The highest BCUT2D eigenvalue weighted by Gasteiger charge is 2.50. The molecule has 5 rings (SSSR count). The van der Waals surface area contributed by atoms with Crippen molar-refractivity contribution in [1.29, 1.82) is 0 Å². The molecule has 4 heterocycles. The topological polar surface area (TPSA) is 63.6 Å². The average molecular weight is 530 g/mol. The molecule has 1 aliphatic carbocycles. The van der Waals surface area contributed by atoms with Gasteiger partial charge in [-0.3, -0.25) is 0 Å². The number of rotatable bonds is 5. The van der Waals surface area contributed by atoms with Crippen molar-refractivity contribution < 1.29 is 9.16 Å². The van der Waals surface area contributed by atoms with Crippen molar-refractivity contribution in [3.63, 3.8) is 0 Å². The van der Waals surface area contributed by atoms with E-state index in [2.05, 4.69) is 69.6 Å². The molecule has 0 aromatic carbocycles. The van der Waals surface area contributed by atoms with Gasteiger partial charge in [-0.2, -0.15) is 0 Å². The van der Waals surface area contributed by atoms with E-state index in [4.69, 9.17) is 35.7 Å². The monoisotopic (exact) mass is 529 g/mol. The van der Waals surface area contributed by atoms with Crippen LogP contribution in [0, 0.1) is 0 Å². The van der Waals surface area contributed by atoms with Gasteiger partial charge < -0.3 is 19.0 Å². The Morgan fingerprint density at radius 3 is 2.39 bits per heavy atom. The van der Waals surface area contributed by atoms with E-state index in [0.717, 1.165) is 55.4 Å². The van der Waals surface area contributed by atoms with E-state index in [1.165, 1.54) is 6.42 Å². The van der Waals surface area contributed by atoms with Gasteiger partial charge in [-0.25, -0.2) is 15.0 Å². The van der Waals surface area contributed by atoms with Gasteiger partial charge in [0.1, 0.15) is 16.8 Å². The van der Waals surface area contributed by atoms with E-state index in [1.807, 2.05) is 6.20 Å². The van der Waals surface area contributed by atoms with Crippen LogP contribution >= 0.6 is 11.6 Å². The van der Waals surface area contributed by atoms with Crippen LogP contribution < -0.4 is 9.80 Å². The molecule has 1 saturated carbocycles. The van der Waals surface area contributed by atoms with Gasteiger partial charge in [-0.1, -0.05) is 38.8 Å². The third-order valence-electron chi connectivity index (χ3n) is 8.61. The highest BCUT2D eigenvalue weighted by Crippen LogP contribution is 2.55. The van der Waals surface area contributed by atoms with Crippen LogP contribution in [0.3, 0.4) is 0 Å². The molecule has 196 valence electrons. The summed E-state index contributed by atoms with van der Waals surface area (Å²) in [5.41, 5.74) is 2.19. The van der Waals surface area contributed by atoms with E-state index >= 15 is 0 Å². The number of nitrogens with zero attached hydrogens (tertiary/aromatic N) is 5. The maximum absolute atomic E-state index is 6.86. The van der Waals surface area contributed by atoms with Gasteiger partial charge in [-0.15, -0.1) is 0 Å². The van der Waals surface area contributed by atoms with E-state index in [0.29, 0.717) is 17.6 Å². The lowest BCUT2D eigenvalue weighted by molar-refractivity contribution is -0.00545. The van der Waals surface area contributed by atoms with Crippen molar-refractivity contribution in [2.24, 2.45) is 0 Å². The van der Waals surface area contributed by atoms with Crippen LogP contribution in [-0.2, 0) is 21.2 Å². The zero-order chi connectivity index (χ0) is 25.9. The van der Waals surface area contributed by atoms with Crippen LogP contribution in [0.1, 0.15) is 65.3 Å². The summed E-state index contributed by atoms with van der Waals surface area (Å²) >= 11 is 6.86. The molecule has 0 bridgehead atoms. The quantitative estimate of drug-likeness (QED) is 0.336. The third kappa shape index (κ3) is 4.66. The summed E-state index contributed by atoms with van der Waals surface area (Å²) in [6.07, 6.45) is 5.83. The lowest BCUT2D eigenvalue weighted by Crippen LogP contribution is -2.45. The maximum Gasteiger partial charge on any atom is 0.192 e. The zero-order valence-corrected chi connectivity index (χ0v) is 24.5. The van der Waals surface area contributed by atoms with Gasteiger partial charge in [0.2, 0.25) is 0 Å². The molecular formula is C27H40ClN5O2Si. The summed E-state index contributed by atoms with van der Waals surface area (Å²) in [7, 11) is -1.93. The Morgan fingerprint density at radius 1 is 1.14 bits per heavy atom. The molecular weight excluding hydrogens is 490 g/mol. The van der Waals surface area contributed by atoms with Crippen molar-refractivity contribution >= 4 is 37.2 Å². The number of morpholine rings is 1. The molecule has 0 amide bonds. The summed E-state index contributed by atoms with van der Waals surface area (Å²) in [4.78, 5) is 19.2. The predicted octanol–water partition coefficient (Wildman–Crippen LogP) is 6.23. The molecule has 0 unspecified atom stereocenters. The normalized spacial score (nSPS) is 23.7. The lowest BCUT2D eigenvalue weighted by Gasteiger charge is -2.39. The van der Waals surface area contributed by atoms with Gasteiger partial charge in [0.15, 0.2) is 14.1 Å². The van der Waals surface area contributed by atoms with Crippen molar-refractivity contribution in [2.75, 3.05) is 29.4 Å². The van der Waals surface area contributed by atoms with Crippen LogP contribution in [0.2, 0.25) is 23.3 Å². The number of hydrogen-bond acceptors (Lipinski definition) is 7. The van der Waals surface area contributed by atoms with Crippen LogP contribution in [0.15, 0.2) is 18.3 Å². The Hall–Kier alpha value is -1.74. The number of aromatic nitrogens is 3. The standard InChI is InChI=1S/C27H40ClN5O2Si/c1-18-14-32(15-19(2)35-18)22-10-9-20(13-29-22)33-17-27(11-8-12-27)23-24(28)30-21(31-25(23)33)16-34-36(6,7)26(3,4)5/h9-10,13,18-19H,8,11-12,14-17H2,1-7H3/t18-,19+. The average Bonchev–Trinajstić information content (AvgIpc) is 3.13. The first kappa shape index (κ1) is 25.9. The van der Waals surface area contributed by atoms with Gasteiger partial charge in [0, 0.05) is 30.6 Å². The molecule has 0 N–H and O–H groups in total. The molecule has 36 heavy (non-hydrogen) atoms. The van der Waals surface area contributed by atoms with Crippen LogP contribution in [-0.4, -0.2) is 55.1 Å². The molecule has 2 aromatic heterocycles. The van der Waals surface area contributed by atoms with Crippen molar-refractivity contribution in [3.8, 4) is 0 Å². The number of hydrogen-bond donors (Lipinski definition) is 0. The highest BCUT2D eigenvalue weighted by atomic mass is 35.5. The van der Waals surface area contributed by atoms with E-state index in [9.17, 15) is 0 Å². The number of pyridine rings is 1. The number of ether oxygens (including phenoxy) is 1. The summed E-state index contributed by atoms with van der Waals surface area (Å²) < 4.78 is 12.3. The van der Waals surface area contributed by atoms with E-state index in [-0.39, 0.29) is 22.7 Å². The Balaban J connectivity index is 1.43. The number of anilines is 3. The molecule has 1 spiro atoms. The van der Waals surface area contributed by atoms with Crippen molar-refractivity contribution in [3.05, 3.63) is 34.9 Å². The number of fused-ring (bicyclic) bond motifs is 2. The third-order valence-corrected chi connectivity index (χ3v) is 13.4. The van der Waals surface area contributed by atoms with Crippen molar-refractivity contribution in [2.45, 2.75) is 96.2 Å². The van der Waals surface area contributed by atoms with E-state index in [1.54, 1.807) is 0 Å². The maximum atomic E-state index is 6.86. The largest absolute Gasteiger partial charge is 0.409 e. The Bertz CT molecular complexity index is 1110. The molecule has 9 heteroatoms. The molecule has 3 aliphatic rings. The Kier molecular flexibility index (Phi) is 6.63. The summed E-state index contributed by atoms with van der Waals surface area (Å²) in [6, 6.07) is 4.28. The first-order valence-corrected chi connectivity index (χ1v) is 16.5. The van der Waals surface area contributed by atoms with Crippen molar-refractivity contribution in [1.82, 2.24) is 15.0 Å². The minimum absolute atomic E-state index is 0.0407. The van der Waals surface area contributed by atoms with Gasteiger partial charge in [0.25, 0.3) is 0 Å². The molecule has 2 atom stereocenters. The predicted molar refractivity (Wildman–Crippen MR) is 148 cm³/mol. The first-order valence-electron chi connectivity index (χ1n) is 13.2. The van der Waals surface area contributed by atoms with Gasteiger partial charge >= 0.3 is 0 Å². The molecule has 0 radical (unpaired) electrons. The summed E-state index contributed by atoms with van der Waals surface area (Å²) in [5.74, 6) is 2.57. The second-order valence-corrected chi connectivity index (χ2v) is 17.6. The fraction of sp³-hybridized carbons (Fsp3) is 0.667. The minimum Gasteiger partial charge on any atom is -0.409 e. The van der Waals surface area contributed by atoms with Crippen LogP contribution in [0.5, 0.6) is 0 Å². The molecule has 2 aliphatic heterocycles. The minimum atomic E-state index is -1.93. The Morgan fingerprint density at radius 2 is 1.83 bits per heavy atom. The van der Waals surface area contributed by atoms with Crippen LogP contribution in [0.25, 0.3) is 0 Å². The first-order chi connectivity index (χ1) is 16.9. The smallest absolute Gasteiger partial charge is 0.192 e. The summed E-state index contributed by atoms with van der Waals surface area (Å²) in [6.45, 7) is 18.4. The molecule has 7 nitrogen and oxygen atoms in total. The fourth-order valence-electron chi connectivity index (χ4n) is 5.41. The Labute approximate surface area is 221 Å². The summed E-state index contributed by atoms with van der Waals surface area (Å²) in [5, 5.41) is 0.705. The van der Waals surface area contributed by atoms with Crippen LogP contribution in [0.4, 0.5) is 17.3 Å². The SMILES string of the molecule is C[C@@H]1CN(c2ccc(N3CC4(CCC4)c4c(Cl)nc(CO[Si](C)(C)C(C)(C)C)nc43)cn2)C[C@H](C)O1. The fourth-order valence-corrected chi connectivity index (χ4v) is 6.72. The highest BCUT2D eigenvalue weighted by molar-refractivity contribution is 6.74. The molecule has 2 fully saturated rings. The second kappa shape index (κ2) is 9.22.